The van der Waals surface area contributed by atoms with E-state index in [-0.39, 0.29) is 0 Å². The van der Waals surface area contributed by atoms with E-state index in [4.69, 9.17) is 11.6 Å². The molecule has 1 aromatic rings. The number of piperidine rings is 1. The fourth-order valence-electron chi connectivity index (χ4n) is 2.83. The van der Waals surface area contributed by atoms with Crippen molar-refractivity contribution in [3.05, 3.63) is 17.3 Å². The minimum Gasteiger partial charge on any atom is -0.380 e. The summed E-state index contributed by atoms with van der Waals surface area (Å²) in [6, 6.07) is 2.56. The van der Waals surface area contributed by atoms with Crippen LogP contribution in [0.4, 0.5) is 11.5 Å². The van der Waals surface area contributed by atoms with E-state index in [1.807, 2.05) is 6.07 Å². The van der Waals surface area contributed by atoms with Gasteiger partial charge in [0.2, 0.25) is 0 Å². The molecule has 1 saturated heterocycles. The summed E-state index contributed by atoms with van der Waals surface area (Å²) in [5.41, 5.74) is 1.08. The normalized spacial score (nSPS) is 28.0. The molecule has 0 radical (unpaired) electrons. The first-order chi connectivity index (χ1) is 7.75. The van der Waals surface area contributed by atoms with Crippen LogP contribution in [-0.4, -0.2) is 24.1 Å². The summed E-state index contributed by atoms with van der Waals surface area (Å²) >= 11 is 5.96. The van der Waals surface area contributed by atoms with Crippen molar-refractivity contribution < 1.29 is 0 Å². The van der Waals surface area contributed by atoms with E-state index < -0.39 is 0 Å². The lowest BCUT2D eigenvalue weighted by atomic mass is 9.89. The summed E-state index contributed by atoms with van der Waals surface area (Å²) in [4.78, 5) is 6.91. The third-order valence-corrected chi connectivity index (χ3v) is 3.93. The van der Waals surface area contributed by atoms with Crippen molar-refractivity contribution in [3.8, 4) is 0 Å². The first-order valence-corrected chi connectivity index (χ1v) is 6.29. The Kier molecular flexibility index (Phi) is 2.43. The second-order valence-corrected chi connectivity index (χ2v) is 5.22. The van der Waals surface area contributed by atoms with Gasteiger partial charge >= 0.3 is 0 Å². The number of rotatable bonds is 0. The summed E-state index contributed by atoms with van der Waals surface area (Å²) in [7, 11) is 0. The van der Waals surface area contributed by atoms with E-state index in [1.165, 1.54) is 12.8 Å². The zero-order chi connectivity index (χ0) is 11.1. The predicted octanol–water partition coefficient (Wildman–Crippen LogP) is 2.77. The van der Waals surface area contributed by atoms with Crippen LogP contribution >= 0.6 is 11.6 Å². The van der Waals surface area contributed by atoms with Crippen molar-refractivity contribution in [2.75, 3.05) is 23.3 Å². The highest BCUT2D eigenvalue weighted by atomic mass is 35.5. The lowest BCUT2D eigenvalue weighted by molar-refractivity contribution is 0.348. The second kappa shape index (κ2) is 3.81. The number of hydrogen-bond donors (Lipinski definition) is 1. The van der Waals surface area contributed by atoms with Crippen molar-refractivity contribution in [3.63, 3.8) is 0 Å². The predicted molar refractivity (Wildman–Crippen MR) is 67.3 cm³/mol. The van der Waals surface area contributed by atoms with Crippen LogP contribution in [0.5, 0.6) is 0 Å². The Labute approximate surface area is 101 Å². The number of nitrogens with zero attached hydrogens (tertiary/aromatic N) is 2. The van der Waals surface area contributed by atoms with Crippen LogP contribution in [0.25, 0.3) is 0 Å². The number of halogens is 1. The standard InChI is InChI=1S/C12H16ClN3/c1-8-3-2-4-16-11(8)7-14-10-5-9(13)6-15-12(10)16/h5-6,8,11,14H,2-4,7H2,1H3. The zero-order valence-corrected chi connectivity index (χ0v) is 10.2. The van der Waals surface area contributed by atoms with Crippen LogP contribution in [0.1, 0.15) is 19.8 Å². The first-order valence-electron chi connectivity index (χ1n) is 5.92. The Balaban J connectivity index is 1.99. The largest absolute Gasteiger partial charge is 0.380 e. The highest BCUT2D eigenvalue weighted by Crippen LogP contribution is 2.36. The molecule has 3 rings (SSSR count). The van der Waals surface area contributed by atoms with Crippen LogP contribution < -0.4 is 10.2 Å². The number of nitrogens with one attached hydrogen (secondary N) is 1. The maximum Gasteiger partial charge on any atom is 0.152 e. The van der Waals surface area contributed by atoms with Gasteiger partial charge in [0.15, 0.2) is 5.82 Å². The zero-order valence-electron chi connectivity index (χ0n) is 9.41. The molecule has 0 saturated carbocycles. The molecule has 0 aromatic carbocycles. The molecule has 0 aliphatic carbocycles. The second-order valence-electron chi connectivity index (χ2n) is 4.79. The number of fused-ring (bicyclic) bond motifs is 3. The van der Waals surface area contributed by atoms with Gasteiger partial charge in [-0.15, -0.1) is 0 Å². The smallest absolute Gasteiger partial charge is 0.152 e. The fraction of sp³-hybridized carbons (Fsp3) is 0.583. The van der Waals surface area contributed by atoms with E-state index in [0.29, 0.717) is 11.1 Å². The molecule has 3 heterocycles. The van der Waals surface area contributed by atoms with Crippen LogP contribution in [0.2, 0.25) is 5.02 Å². The quantitative estimate of drug-likeness (QED) is 0.752. The molecule has 2 unspecified atom stereocenters. The summed E-state index contributed by atoms with van der Waals surface area (Å²) in [6.45, 7) is 4.47. The monoisotopic (exact) mass is 237 g/mol. The molecular weight excluding hydrogens is 222 g/mol. The van der Waals surface area contributed by atoms with E-state index in [0.717, 1.165) is 30.5 Å². The molecule has 2 aliphatic heterocycles. The molecule has 1 aromatic heterocycles. The van der Waals surface area contributed by atoms with E-state index in [1.54, 1.807) is 6.20 Å². The maximum atomic E-state index is 5.96. The molecule has 1 N–H and O–H groups in total. The van der Waals surface area contributed by atoms with Gasteiger partial charge in [0.25, 0.3) is 0 Å². The van der Waals surface area contributed by atoms with Crippen LogP contribution in [0, 0.1) is 5.92 Å². The lowest BCUT2D eigenvalue weighted by Gasteiger charge is -2.44. The Hall–Kier alpha value is -0.960. The molecule has 3 nitrogen and oxygen atoms in total. The van der Waals surface area contributed by atoms with Gasteiger partial charge in [0, 0.05) is 19.3 Å². The third-order valence-electron chi connectivity index (χ3n) is 3.72. The molecule has 1 fully saturated rings. The molecule has 0 amide bonds. The summed E-state index contributed by atoms with van der Waals surface area (Å²) < 4.78 is 0. The number of anilines is 2. The van der Waals surface area contributed by atoms with Crippen LogP contribution in [0.3, 0.4) is 0 Å². The van der Waals surface area contributed by atoms with E-state index in [9.17, 15) is 0 Å². The summed E-state index contributed by atoms with van der Waals surface area (Å²) in [5.74, 6) is 1.82. The highest BCUT2D eigenvalue weighted by Gasteiger charge is 2.33. The summed E-state index contributed by atoms with van der Waals surface area (Å²) in [6.07, 6.45) is 4.33. The first kappa shape index (κ1) is 10.2. The Morgan fingerprint density at radius 1 is 1.56 bits per heavy atom. The van der Waals surface area contributed by atoms with Gasteiger partial charge in [-0.25, -0.2) is 4.98 Å². The van der Waals surface area contributed by atoms with Gasteiger partial charge in [0.1, 0.15) is 0 Å². The maximum absolute atomic E-state index is 5.96. The Morgan fingerprint density at radius 3 is 3.31 bits per heavy atom. The van der Waals surface area contributed by atoms with Crippen molar-refractivity contribution in [2.24, 2.45) is 5.92 Å². The highest BCUT2D eigenvalue weighted by molar-refractivity contribution is 6.30. The van der Waals surface area contributed by atoms with Crippen molar-refractivity contribution >= 4 is 23.1 Å². The van der Waals surface area contributed by atoms with E-state index in [2.05, 4.69) is 22.1 Å². The number of aromatic nitrogens is 1. The van der Waals surface area contributed by atoms with Crippen LogP contribution in [0.15, 0.2) is 12.3 Å². The average Bonchev–Trinajstić information content (AvgIpc) is 2.28. The average molecular weight is 238 g/mol. The lowest BCUT2D eigenvalue weighted by Crippen LogP contribution is -2.51. The minimum absolute atomic E-state index is 0.593. The molecular formula is C12H16ClN3. The molecule has 86 valence electrons. The van der Waals surface area contributed by atoms with Crippen molar-refractivity contribution in [1.29, 1.82) is 0 Å². The molecule has 0 spiro atoms. The van der Waals surface area contributed by atoms with Gasteiger partial charge in [-0.2, -0.15) is 0 Å². The fourth-order valence-corrected chi connectivity index (χ4v) is 2.99. The van der Waals surface area contributed by atoms with Crippen LogP contribution in [-0.2, 0) is 0 Å². The number of hydrogen-bond acceptors (Lipinski definition) is 3. The molecule has 2 aliphatic rings. The minimum atomic E-state index is 0.593. The van der Waals surface area contributed by atoms with E-state index >= 15 is 0 Å². The van der Waals surface area contributed by atoms with Gasteiger partial charge in [-0.05, 0) is 24.8 Å². The number of pyridine rings is 1. The van der Waals surface area contributed by atoms with Gasteiger partial charge < -0.3 is 10.2 Å². The van der Waals surface area contributed by atoms with Crippen molar-refractivity contribution in [1.82, 2.24) is 4.98 Å². The topological polar surface area (TPSA) is 28.2 Å². The molecule has 2 atom stereocenters. The molecule has 4 heteroatoms. The third kappa shape index (κ3) is 1.54. The molecule has 16 heavy (non-hydrogen) atoms. The van der Waals surface area contributed by atoms with Crippen molar-refractivity contribution in [2.45, 2.75) is 25.8 Å². The SMILES string of the molecule is CC1CCCN2c3ncc(Cl)cc3NCC12. The summed E-state index contributed by atoms with van der Waals surface area (Å²) in [5, 5.41) is 4.15. The van der Waals surface area contributed by atoms with Gasteiger partial charge in [-0.3, -0.25) is 0 Å². The van der Waals surface area contributed by atoms with Gasteiger partial charge in [0.05, 0.1) is 16.8 Å². The Morgan fingerprint density at radius 2 is 2.44 bits per heavy atom. The van der Waals surface area contributed by atoms with Gasteiger partial charge in [-0.1, -0.05) is 18.5 Å². The molecule has 0 bridgehead atoms. The Bertz CT molecular complexity index is 407.